The minimum atomic E-state index is 0.353. The number of aromatic nitrogens is 2. The van der Waals surface area contributed by atoms with E-state index in [1.807, 2.05) is 11.9 Å². The van der Waals surface area contributed by atoms with Gasteiger partial charge in [-0.3, -0.25) is 0 Å². The molecular formula is C10H16ClN3O2. The molecule has 0 fully saturated rings. The van der Waals surface area contributed by atoms with Gasteiger partial charge in [0.25, 0.3) is 0 Å². The predicted octanol–water partition coefficient (Wildman–Crippen LogP) is 1.36. The van der Waals surface area contributed by atoms with Crippen LogP contribution in [-0.2, 0) is 16.1 Å². The minimum Gasteiger partial charge on any atom is -0.383 e. The van der Waals surface area contributed by atoms with E-state index in [9.17, 15) is 0 Å². The van der Waals surface area contributed by atoms with Crippen molar-refractivity contribution in [1.29, 1.82) is 0 Å². The van der Waals surface area contributed by atoms with Crippen LogP contribution in [0.5, 0.6) is 0 Å². The highest BCUT2D eigenvalue weighted by atomic mass is 35.5. The molecule has 1 rings (SSSR count). The molecule has 6 heteroatoms. The molecule has 1 heterocycles. The summed E-state index contributed by atoms with van der Waals surface area (Å²) in [7, 11) is 5.18. The normalized spacial score (nSPS) is 10.5. The first-order valence-corrected chi connectivity index (χ1v) is 5.27. The summed E-state index contributed by atoms with van der Waals surface area (Å²) in [5, 5.41) is 0.418. The van der Waals surface area contributed by atoms with Gasteiger partial charge in [0.15, 0.2) is 5.82 Å². The maximum absolute atomic E-state index is 5.90. The van der Waals surface area contributed by atoms with Crippen LogP contribution in [0.1, 0.15) is 5.82 Å². The zero-order valence-corrected chi connectivity index (χ0v) is 10.5. The molecule has 0 saturated heterocycles. The average molecular weight is 246 g/mol. The Bertz CT molecular complexity index is 336. The molecule has 0 aliphatic heterocycles. The van der Waals surface area contributed by atoms with Crippen LogP contribution in [0.3, 0.4) is 0 Å². The SMILES string of the molecule is COCCN(C)c1cc(Cl)nc(COC)n1. The first kappa shape index (κ1) is 13.2. The third-order valence-corrected chi connectivity index (χ3v) is 2.22. The van der Waals surface area contributed by atoms with E-state index in [0.29, 0.717) is 24.2 Å². The lowest BCUT2D eigenvalue weighted by atomic mass is 10.4. The van der Waals surface area contributed by atoms with Gasteiger partial charge in [-0.15, -0.1) is 0 Å². The number of hydrogen-bond donors (Lipinski definition) is 0. The van der Waals surface area contributed by atoms with E-state index < -0.39 is 0 Å². The Morgan fingerprint density at radius 1 is 1.31 bits per heavy atom. The highest BCUT2D eigenvalue weighted by Gasteiger charge is 2.07. The van der Waals surface area contributed by atoms with Gasteiger partial charge in [-0.2, -0.15) is 0 Å². The number of hydrogen-bond acceptors (Lipinski definition) is 5. The third kappa shape index (κ3) is 3.92. The molecule has 90 valence electrons. The molecule has 0 saturated carbocycles. The molecule has 0 aromatic carbocycles. The molecule has 0 bridgehead atoms. The predicted molar refractivity (Wildman–Crippen MR) is 62.9 cm³/mol. The smallest absolute Gasteiger partial charge is 0.158 e. The average Bonchev–Trinajstić information content (AvgIpc) is 2.25. The van der Waals surface area contributed by atoms with Crippen molar-refractivity contribution in [3.63, 3.8) is 0 Å². The van der Waals surface area contributed by atoms with E-state index in [-0.39, 0.29) is 0 Å². The number of ether oxygens (including phenoxy) is 2. The Labute approximate surface area is 100 Å². The van der Waals surface area contributed by atoms with Crippen LogP contribution in [0.15, 0.2) is 6.07 Å². The fourth-order valence-corrected chi connectivity index (χ4v) is 1.38. The van der Waals surface area contributed by atoms with E-state index in [0.717, 1.165) is 12.4 Å². The molecule has 0 spiro atoms. The number of methoxy groups -OCH3 is 2. The first-order chi connectivity index (χ1) is 7.67. The van der Waals surface area contributed by atoms with Crippen molar-refractivity contribution in [1.82, 2.24) is 9.97 Å². The van der Waals surface area contributed by atoms with Crippen molar-refractivity contribution in [2.45, 2.75) is 6.61 Å². The summed E-state index contributed by atoms with van der Waals surface area (Å²) >= 11 is 5.90. The molecule has 5 nitrogen and oxygen atoms in total. The monoisotopic (exact) mass is 245 g/mol. The highest BCUT2D eigenvalue weighted by molar-refractivity contribution is 6.29. The van der Waals surface area contributed by atoms with Crippen LogP contribution in [-0.4, -0.2) is 44.4 Å². The second-order valence-corrected chi connectivity index (χ2v) is 3.70. The van der Waals surface area contributed by atoms with Crippen molar-refractivity contribution in [2.75, 3.05) is 39.3 Å². The van der Waals surface area contributed by atoms with E-state index in [4.69, 9.17) is 21.1 Å². The summed E-state index contributed by atoms with van der Waals surface area (Å²) in [5.41, 5.74) is 0. The van der Waals surface area contributed by atoms with Crippen molar-refractivity contribution in [3.05, 3.63) is 17.0 Å². The fraction of sp³-hybridized carbons (Fsp3) is 0.600. The van der Waals surface area contributed by atoms with Crippen LogP contribution in [0, 0.1) is 0 Å². The summed E-state index contributed by atoms with van der Waals surface area (Å²) in [5.74, 6) is 1.35. The number of nitrogens with zero attached hydrogens (tertiary/aromatic N) is 3. The summed E-state index contributed by atoms with van der Waals surface area (Å²) in [4.78, 5) is 10.3. The molecule has 0 aliphatic carbocycles. The Morgan fingerprint density at radius 3 is 2.69 bits per heavy atom. The molecular weight excluding hydrogens is 230 g/mol. The molecule has 1 aromatic heterocycles. The molecule has 0 aliphatic rings. The van der Waals surface area contributed by atoms with Crippen molar-refractivity contribution in [2.24, 2.45) is 0 Å². The number of rotatable bonds is 6. The Hall–Kier alpha value is -0.910. The van der Waals surface area contributed by atoms with Gasteiger partial charge in [-0.05, 0) is 0 Å². The van der Waals surface area contributed by atoms with Crippen molar-refractivity contribution in [3.8, 4) is 0 Å². The molecule has 0 unspecified atom stereocenters. The summed E-state index contributed by atoms with van der Waals surface area (Å²) in [6.45, 7) is 1.74. The first-order valence-electron chi connectivity index (χ1n) is 4.90. The van der Waals surface area contributed by atoms with Crippen LogP contribution < -0.4 is 4.90 Å². The van der Waals surface area contributed by atoms with Gasteiger partial charge < -0.3 is 14.4 Å². The van der Waals surface area contributed by atoms with E-state index in [1.165, 1.54) is 0 Å². The van der Waals surface area contributed by atoms with Gasteiger partial charge in [0.1, 0.15) is 17.6 Å². The summed E-state index contributed by atoms with van der Waals surface area (Å²) < 4.78 is 9.97. The fourth-order valence-electron chi connectivity index (χ4n) is 1.18. The van der Waals surface area contributed by atoms with Gasteiger partial charge in [0.05, 0.1) is 6.61 Å². The maximum Gasteiger partial charge on any atom is 0.158 e. The Morgan fingerprint density at radius 2 is 2.06 bits per heavy atom. The highest BCUT2D eigenvalue weighted by Crippen LogP contribution is 2.15. The molecule has 0 atom stereocenters. The molecule has 0 radical (unpaired) electrons. The van der Waals surface area contributed by atoms with Crippen LogP contribution >= 0.6 is 11.6 Å². The van der Waals surface area contributed by atoms with Crippen LogP contribution in [0.2, 0.25) is 5.15 Å². The van der Waals surface area contributed by atoms with Gasteiger partial charge >= 0.3 is 0 Å². The second kappa shape index (κ2) is 6.62. The number of halogens is 1. The van der Waals surface area contributed by atoms with Gasteiger partial charge in [-0.1, -0.05) is 11.6 Å². The van der Waals surface area contributed by atoms with Gasteiger partial charge in [0, 0.05) is 33.9 Å². The zero-order chi connectivity index (χ0) is 12.0. The minimum absolute atomic E-state index is 0.353. The lowest BCUT2D eigenvalue weighted by Gasteiger charge is -2.18. The van der Waals surface area contributed by atoms with E-state index >= 15 is 0 Å². The Kier molecular flexibility index (Phi) is 5.45. The van der Waals surface area contributed by atoms with E-state index in [1.54, 1.807) is 20.3 Å². The molecule has 1 aromatic rings. The standard InChI is InChI=1S/C10H16ClN3O2/c1-14(4-5-15-2)10-6-8(11)12-9(13-10)7-16-3/h6H,4-5,7H2,1-3H3. The quantitative estimate of drug-likeness (QED) is 0.709. The lowest BCUT2D eigenvalue weighted by Crippen LogP contribution is -2.23. The topological polar surface area (TPSA) is 47.5 Å². The lowest BCUT2D eigenvalue weighted by molar-refractivity contribution is 0.177. The third-order valence-electron chi connectivity index (χ3n) is 2.02. The second-order valence-electron chi connectivity index (χ2n) is 3.31. The summed E-state index contributed by atoms with van der Waals surface area (Å²) in [6, 6.07) is 1.72. The van der Waals surface area contributed by atoms with Gasteiger partial charge in [-0.25, -0.2) is 9.97 Å². The molecule has 0 N–H and O–H groups in total. The largest absolute Gasteiger partial charge is 0.383 e. The Balaban J connectivity index is 2.78. The van der Waals surface area contributed by atoms with Crippen LogP contribution in [0.4, 0.5) is 5.82 Å². The molecule has 16 heavy (non-hydrogen) atoms. The van der Waals surface area contributed by atoms with Crippen LogP contribution in [0.25, 0.3) is 0 Å². The zero-order valence-electron chi connectivity index (χ0n) is 9.73. The van der Waals surface area contributed by atoms with Gasteiger partial charge in [0.2, 0.25) is 0 Å². The summed E-state index contributed by atoms with van der Waals surface area (Å²) in [6.07, 6.45) is 0. The number of likely N-dealkylation sites (N-methyl/N-ethyl adjacent to an activating group) is 1. The van der Waals surface area contributed by atoms with E-state index in [2.05, 4.69) is 9.97 Å². The maximum atomic E-state index is 5.90. The van der Waals surface area contributed by atoms with Crippen molar-refractivity contribution >= 4 is 17.4 Å². The molecule has 0 amide bonds. The van der Waals surface area contributed by atoms with Crippen molar-refractivity contribution < 1.29 is 9.47 Å². The number of anilines is 1.